The van der Waals surface area contributed by atoms with Crippen molar-refractivity contribution in [2.75, 3.05) is 5.32 Å². The molecule has 0 saturated heterocycles. The van der Waals surface area contributed by atoms with Gasteiger partial charge < -0.3 is 10.6 Å². The minimum Gasteiger partial charge on any atom is -0.348 e. The van der Waals surface area contributed by atoms with E-state index >= 15 is 0 Å². The maximum Gasteiger partial charge on any atom is 0.255 e. The fourth-order valence-corrected chi connectivity index (χ4v) is 2.66. The standard InChI is InChI=1S/C21H16ClFN2O2/c22-17-9-2-4-11-19(17)25-21(27)15-8-5-7-14(12-15)20(26)24-13-16-6-1-3-10-18(16)23/h1-12H,13H2,(H,24,26)(H,25,27). The predicted octanol–water partition coefficient (Wildman–Crippen LogP) is 4.66. The van der Waals surface area contributed by atoms with E-state index in [9.17, 15) is 14.0 Å². The second kappa shape index (κ2) is 8.47. The molecule has 0 heterocycles. The molecule has 0 saturated carbocycles. The number of benzene rings is 3. The van der Waals surface area contributed by atoms with Crippen LogP contribution < -0.4 is 10.6 Å². The molecule has 0 radical (unpaired) electrons. The van der Waals surface area contributed by atoms with Crippen molar-refractivity contribution in [3.8, 4) is 0 Å². The van der Waals surface area contributed by atoms with E-state index in [4.69, 9.17) is 11.6 Å². The fraction of sp³-hybridized carbons (Fsp3) is 0.0476. The van der Waals surface area contributed by atoms with Crippen LogP contribution in [0.4, 0.5) is 10.1 Å². The van der Waals surface area contributed by atoms with Crippen molar-refractivity contribution in [1.29, 1.82) is 0 Å². The molecule has 0 unspecified atom stereocenters. The SMILES string of the molecule is O=C(NCc1ccccc1F)c1cccc(C(=O)Nc2ccccc2Cl)c1. The van der Waals surface area contributed by atoms with Crippen LogP contribution in [-0.4, -0.2) is 11.8 Å². The lowest BCUT2D eigenvalue weighted by molar-refractivity contribution is 0.0950. The highest BCUT2D eigenvalue weighted by molar-refractivity contribution is 6.33. The number of carbonyl (C=O) groups excluding carboxylic acids is 2. The molecule has 0 aliphatic heterocycles. The number of carbonyl (C=O) groups is 2. The minimum atomic E-state index is -0.398. The van der Waals surface area contributed by atoms with Crippen LogP contribution in [0, 0.1) is 5.82 Å². The van der Waals surface area contributed by atoms with Gasteiger partial charge in [-0.05, 0) is 36.4 Å². The lowest BCUT2D eigenvalue weighted by atomic mass is 10.1. The van der Waals surface area contributed by atoms with Crippen LogP contribution in [0.2, 0.25) is 5.02 Å². The second-order valence-corrected chi connectivity index (χ2v) is 6.20. The Kier molecular flexibility index (Phi) is 5.84. The first-order valence-electron chi connectivity index (χ1n) is 8.22. The molecule has 4 nitrogen and oxygen atoms in total. The van der Waals surface area contributed by atoms with Gasteiger partial charge in [-0.3, -0.25) is 9.59 Å². The summed E-state index contributed by atoms with van der Waals surface area (Å²) in [5.74, 6) is -1.16. The molecular weight excluding hydrogens is 367 g/mol. The smallest absolute Gasteiger partial charge is 0.255 e. The third-order valence-corrected chi connectivity index (χ3v) is 4.24. The maximum atomic E-state index is 13.6. The van der Waals surface area contributed by atoms with Crippen molar-refractivity contribution in [1.82, 2.24) is 5.32 Å². The Morgan fingerprint density at radius 2 is 1.52 bits per heavy atom. The molecule has 3 aromatic carbocycles. The van der Waals surface area contributed by atoms with Crippen LogP contribution in [0.15, 0.2) is 72.8 Å². The number of hydrogen-bond acceptors (Lipinski definition) is 2. The predicted molar refractivity (Wildman–Crippen MR) is 103 cm³/mol. The molecule has 0 aliphatic rings. The average Bonchev–Trinajstić information content (AvgIpc) is 2.69. The van der Waals surface area contributed by atoms with E-state index in [-0.39, 0.29) is 18.3 Å². The van der Waals surface area contributed by atoms with Crippen LogP contribution >= 0.6 is 11.6 Å². The van der Waals surface area contributed by atoms with Crippen LogP contribution in [0.1, 0.15) is 26.3 Å². The van der Waals surface area contributed by atoms with Gasteiger partial charge in [-0.15, -0.1) is 0 Å². The van der Waals surface area contributed by atoms with E-state index in [0.717, 1.165) is 0 Å². The molecule has 3 aromatic rings. The van der Waals surface area contributed by atoms with Gasteiger partial charge in [0.25, 0.3) is 11.8 Å². The van der Waals surface area contributed by atoms with Gasteiger partial charge in [0.15, 0.2) is 0 Å². The zero-order valence-corrected chi connectivity index (χ0v) is 15.0. The van der Waals surface area contributed by atoms with Gasteiger partial charge in [0.1, 0.15) is 5.82 Å². The summed E-state index contributed by atoms with van der Waals surface area (Å²) in [7, 11) is 0. The summed E-state index contributed by atoms with van der Waals surface area (Å²) in [6.45, 7) is 0.0571. The summed E-state index contributed by atoms with van der Waals surface area (Å²) >= 11 is 6.04. The summed E-state index contributed by atoms with van der Waals surface area (Å²) in [6, 6.07) is 19.4. The molecule has 2 N–H and O–H groups in total. The minimum absolute atomic E-state index is 0.0571. The number of amides is 2. The van der Waals surface area contributed by atoms with Crippen molar-refractivity contribution >= 4 is 29.1 Å². The van der Waals surface area contributed by atoms with Crippen molar-refractivity contribution in [3.05, 3.63) is 100 Å². The average molecular weight is 383 g/mol. The summed E-state index contributed by atoms with van der Waals surface area (Å²) in [4.78, 5) is 24.7. The number of hydrogen-bond donors (Lipinski definition) is 2. The first-order valence-corrected chi connectivity index (χ1v) is 8.60. The Morgan fingerprint density at radius 3 is 2.26 bits per heavy atom. The van der Waals surface area contributed by atoms with E-state index in [2.05, 4.69) is 10.6 Å². The maximum absolute atomic E-state index is 13.6. The Hall–Kier alpha value is -3.18. The zero-order valence-electron chi connectivity index (χ0n) is 14.2. The third kappa shape index (κ3) is 4.71. The molecule has 0 aromatic heterocycles. The highest BCUT2D eigenvalue weighted by Gasteiger charge is 2.12. The molecule has 6 heteroatoms. The van der Waals surface area contributed by atoms with Crippen molar-refractivity contribution in [3.63, 3.8) is 0 Å². The van der Waals surface area contributed by atoms with E-state index in [1.54, 1.807) is 60.7 Å². The summed E-state index contributed by atoms with van der Waals surface area (Å²) < 4.78 is 13.6. The summed E-state index contributed by atoms with van der Waals surface area (Å²) in [5, 5.41) is 5.78. The van der Waals surface area contributed by atoms with Crippen LogP contribution in [0.5, 0.6) is 0 Å². The number of rotatable bonds is 5. The monoisotopic (exact) mass is 382 g/mol. The number of halogens is 2. The Bertz CT molecular complexity index is 991. The summed E-state index contributed by atoms with van der Waals surface area (Å²) in [6.07, 6.45) is 0. The highest BCUT2D eigenvalue weighted by Crippen LogP contribution is 2.21. The normalized spacial score (nSPS) is 10.3. The van der Waals surface area contributed by atoms with Gasteiger partial charge in [-0.2, -0.15) is 0 Å². The van der Waals surface area contributed by atoms with Crippen LogP contribution in [-0.2, 0) is 6.54 Å². The molecule has 0 bridgehead atoms. The van der Waals surface area contributed by atoms with Crippen LogP contribution in [0.25, 0.3) is 0 Å². The molecule has 27 heavy (non-hydrogen) atoms. The van der Waals surface area contributed by atoms with Crippen LogP contribution in [0.3, 0.4) is 0 Å². The molecule has 0 atom stereocenters. The zero-order chi connectivity index (χ0) is 19.2. The van der Waals surface area contributed by atoms with Gasteiger partial charge in [-0.25, -0.2) is 4.39 Å². The Labute approximate surface area is 161 Å². The largest absolute Gasteiger partial charge is 0.348 e. The van der Waals surface area contributed by atoms with Gasteiger partial charge >= 0.3 is 0 Å². The van der Waals surface area contributed by atoms with Gasteiger partial charge in [0, 0.05) is 23.2 Å². The molecular formula is C21H16ClFN2O2. The van der Waals surface area contributed by atoms with Gasteiger partial charge in [-0.1, -0.05) is 48.0 Å². The van der Waals surface area contributed by atoms with E-state index in [1.807, 2.05) is 0 Å². The molecule has 0 fully saturated rings. The van der Waals surface area contributed by atoms with Gasteiger partial charge in [0.05, 0.1) is 10.7 Å². The lowest BCUT2D eigenvalue weighted by Crippen LogP contribution is -2.24. The topological polar surface area (TPSA) is 58.2 Å². The van der Waals surface area contributed by atoms with E-state index < -0.39 is 5.91 Å². The fourth-order valence-electron chi connectivity index (χ4n) is 2.48. The summed E-state index contributed by atoms with van der Waals surface area (Å²) in [5.41, 5.74) is 1.49. The molecule has 3 rings (SSSR count). The first-order chi connectivity index (χ1) is 13.0. The number of anilines is 1. The second-order valence-electron chi connectivity index (χ2n) is 5.79. The highest BCUT2D eigenvalue weighted by atomic mass is 35.5. The van der Waals surface area contributed by atoms with Gasteiger partial charge in [0.2, 0.25) is 0 Å². The third-order valence-electron chi connectivity index (χ3n) is 3.91. The number of para-hydroxylation sites is 1. The Balaban J connectivity index is 1.69. The first kappa shape index (κ1) is 18.6. The van der Waals surface area contributed by atoms with E-state index in [1.165, 1.54) is 12.1 Å². The van der Waals surface area contributed by atoms with E-state index in [0.29, 0.717) is 27.4 Å². The molecule has 2 amide bonds. The molecule has 0 aliphatic carbocycles. The Morgan fingerprint density at radius 1 is 0.852 bits per heavy atom. The van der Waals surface area contributed by atoms with Crippen molar-refractivity contribution in [2.24, 2.45) is 0 Å². The number of nitrogens with one attached hydrogen (secondary N) is 2. The van der Waals surface area contributed by atoms with Crippen molar-refractivity contribution < 1.29 is 14.0 Å². The molecule has 0 spiro atoms. The van der Waals surface area contributed by atoms with Crippen molar-refractivity contribution in [2.45, 2.75) is 6.54 Å². The molecule has 136 valence electrons. The quantitative estimate of drug-likeness (QED) is 0.674. The lowest BCUT2D eigenvalue weighted by Gasteiger charge is -2.09.